The number of carboxylic acids is 1. The third kappa shape index (κ3) is 3.70. The van der Waals surface area contributed by atoms with E-state index in [0.29, 0.717) is 6.42 Å². The monoisotopic (exact) mass is 262 g/mol. The first-order valence-electron chi connectivity index (χ1n) is 6.76. The smallest absolute Gasteiger partial charge is 0.303 e. The van der Waals surface area contributed by atoms with Gasteiger partial charge in [0.15, 0.2) is 0 Å². The van der Waals surface area contributed by atoms with Crippen molar-refractivity contribution in [3.05, 3.63) is 30.3 Å². The van der Waals surface area contributed by atoms with Crippen LogP contribution in [0.1, 0.15) is 26.7 Å². The fraction of sp³-hybridized carbons (Fsp3) is 0.533. The van der Waals surface area contributed by atoms with Gasteiger partial charge in [0.25, 0.3) is 0 Å². The van der Waals surface area contributed by atoms with E-state index in [0.717, 1.165) is 13.1 Å². The summed E-state index contributed by atoms with van der Waals surface area (Å²) in [4.78, 5) is 13.1. The molecule has 0 aromatic heterocycles. The number of piperazine rings is 1. The quantitative estimate of drug-likeness (QED) is 0.872. The van der Waals surface area contributed by atoms with Crippen LogP contribution in [0, 0.1) is 0 Å². The Kier molecular flexibility index (Phi) is 4.10. The molecule has 1 aliphatic rings. The van der Waals surface area contributed by atoms with Gasteiger partial charge in [0.1, 0.15) is 0 Å². The van der Waals surface area contributed by atoms with Crippen LogP contribution < -0.4 is 10.2 Å². The van der Waals surface area contributed by atoms with Gasteiger partial charge in [-0.2, -0.15) is 0 Å². The molecule has 0 amide bonds. The van der Waals surface area contributed by atoms with E-state index < -0.39 is 5.97 Å². The number of para-hydroxylation sites is 1. The minimum Gasteiger partial charge on any atom is -0.481 e. The topological polar surface area (TPSA) is 52.6 Å². The normalized spacial score (nSPS) is 22.2. The van der Waals surface area contributed by atoms with Crippen LogP contribution in [0.5, 0.6) is 0 Å². The molecule has 1 unspecified atom stereocenters. The summed E-state index contributed by atoms with van der Waals surface area (Å²) < 4.78 is 0. The maximum Gasteiger partial charge on any atom is 0.303 e. The number of hydrogen-bond acceptors (Lipinski definition) is 3. The van der Waals surface area contributed by atoms with Crippen molar-refractivity contribution >= 4 is 11.7 Å². The summed E-state index contributed by atoms with van der Waals surface area (Å²) >= 11 is 0. The number of aliphatic carboxylic acids is 1. The first-order valence-corrected chi connectivity index (χ1v) is 6.76. The van der Waals surface area contributed by atoms with E-state index in [2.05, 4.69) is 36.2 Å². The highest BCUT2D eigenvalue weighted by Gasteiger charge is 2.32. The fourth-order valence-corrected chi connectivity index (χ4v) is 2.58. The summed E-state index contributed by atoms with van der Waals surface area (Å²) in [5.74, 6) is -0.724. The predicted octanol–water partition coefficient (Wildman–Crippen LogP) is 2.11. The maximum absolute atomic E-state index is 10.8. The van der Waals surface area contributed by atoms with Crippen LogP contribution in [0.4, 0.5) is 5.69 Å². The number of benzene rings is 1. The molecule has 1 aromatic rings. The Morgan fingerprint density at radius 1 is 1.42 bits per heavy atom. The van der Waals surface area contributed by atoms with Crippen molar-refractivity contribution in [2.45, 2.75) is 38.3 Å². The zero-order valence-corrected chi connectivity index (χ0v) is 11.6. The number of nitrogens with zero attached hydrogens (tertiary/aromatic N) is 1. The van der Waals surface area contributed by atoms with E-state index >= 15 is 0 Å². The van der Waals surface area contributed by atoms with Crippen LogP contribution in [0.3, 0.4) is 0 Å². The van der Waals surface area contributed by atoms with Gasteiger partial charge in [0, 0.05) is 36.8 Å². The van der Waals surface area contributed by atoms with Crippen LogP contribution in [0.2, 0.25) is 0 Å². The molecule has 0 spiro atoms. The van der Waals surface area contributed by atoms with Crippen LogP contribution >= 0.6 is 0 Å². The van der Waals surface area contributed by atoms with Gasteiger partial charge in [-0.15, -0.1) is 0 Å². The molecule has 1 saturated heterocycles. The second-order valence-corrected chi connectivity index (χ2v) is 5.81. The van der Waals surface area contributed by atoms with Crippen molar-refractivity contribution in [2.75, 3.05) is 18.0 Å². The Labute approximate surface area is 114 Å². The number of hydrogen-bond donors (Lipinski definition) is 2. The summed E-state index contributed by atoms with van der Waals surface area (Å²) in [6.07, 6.45) is 0.892. The first-order chi connectivity index (χ1) is 8.98. The van der Waals surface area contributed by atoms with Crippen molar-refractivity contribution in [3.63, 3.8) is 0 Å². The molecule has 1 aliphatic heterocycles. The Morgan fingerprint density at radius 3 is 2.74 bits per heavy atom. The minimum atomic E-state index is -0.724. The zero-order valence-electron chi connectivity index (χ0n) is 11.6. The van der Waals surface area contributed by atoms with E-state index in [9.17, 15) is 4.79 Å². The molecule has 0 bridgehead atoms. The van der Waals surface area contributed by atoms with E-state index in [4.69, 9.17) is 5.11 Å². The number of carboxylic acid groups (broad SMARTS) is 1. The van der Waals surface area contributed by atoms with Gasteiger partial charge in [0.2, 0.25) is 0 Å². The number of carbonyl (C=O) groups is 1. The largest absolute Gasteiger partial charge is 0.481 e. The second kappa shape index (κ2) is 5.61. The molecule has 104 valence electrons. The van der Waals surface area contributed by atoms with Crippen LogP contribution in [-0.2, 0) is 4.79 Å². The number of rotatable bonds is 4. The molecule has 0 aliphatic carbocycles. The average Bonchev–Trinajstić information content (AvgIpc) is 2.37. The van der Waals surface area contributed by atoms with Gasteiger partial charge in [-0.25, -0.2) is 0 Å². The van der Waals surface area contributed by atoms with Crippen molar-refractivity contribution < 1.29 is 9.90 Å². The van der Waals surface area contributed by atoms with Gasteiger partial charge < -0.3 is 15.3 Å². The summed E-state index contributed by atoms with van der Waals surface area (Å²) in [7, 11) is 0. The number of anilines is 1. The highest BCUT2D eigenvalue weighted by atomic mass is 16.4. The molecule has 0 saturated carbocycles. The van der Waals surface area contributed by atoms with Crippen LogP contribution in [0.25, 0.3) is 0 Å². The molecule has 1 heterocycles. The van der Waals surface area contributed by atoms with E-state index in [1.165, 1.54) is 5.69 Å². The van der Waals surface area contributed by atoms with Crippen molar-refractivity contribution in [1.82, 2.24) is 5.32 Å². The van der Waals surface area contributed by atoms with Crippen molar-refractivity contribution in [3.8, 4) is 0 Å². The van der Waals surface area contributed by atoms with E-state index in [1.54, 1.807) is 0 Å². The van der Waals surface area contributed by atoms with Gasteiger partial charge in [-0.3, -0.25) is 4.79 Å². The molecular formula is C15H22N2O2. The summed E-state index contributed by atoms with van der Waals surface area (Å²) in [5, 5.41) is 12.4. The highest BCUT2D eigenvalue weighted by Crippen LogP contribution is 2.25. The highest BCUT2D eigenvalue weighted by molar-refractivity contribution is 5.66. The summed E-state index contributed by atoms with van der Waals surface area (Å²) in [6.45, 7) is 6.07. The zero-order chi connectivity index (χ0) is 13.9. The molecule has 1 aromatic carbocycles. The minimum absolute atomic E-state index is 0.0512. The average molecular weight is 262 g/mol. The molecule has 19 heavy (non-hydrogen) atoms. The third-order valence-corrected chi connectivity index (χ3v) is 3.60. The standard InChI is InChI=1S/C15H22N2O2/c1-15(2)11-17(12-6-4-3-5-7-12)13(10-16-15)8-9-14(18)19/h3-7,13,16H,8-11H2,1-2H3,(H,18,19). The molecule has 0 radical (unpaired) electrons. The molecule has 2 N–H and O–H groups in total. The van der Waals surface area contributed by atoms with E-state index in [-0.39, 0.29) is 18.0 Å². The van der Waals surface area contributed by atoms with Crippen LogP contribution in [-0.4, -0.2) is 35.7 Å². The molecule has 2 rings (SSSR count). The van der Waals surface area contributed by atoms with Gasteiger partial charge in [-0.05, 0) is 32.4 Å². The maximum atomic E-state index is 10.8. The first kappa shape index (κ1) is 13.9. The Morgan fingerprint density at radius 2 is 2.11 bits per heavy atom. The molecule has 1 atom stereocenters. The van der Waals surface area contributed by atoms with Gasteiger partial charge in [0.05, 0.1) is 0 Å². The Bertz CT molecular complexity index is 431. The Balaban J connectivity index is 2.14. The van der Waals surface area contributed by atoms with E-state index in [1.807, 2.05) is 18.2 Å². The number of nitrogens with one attached hydrogen (secondary N) is 1. The lowest BCUT2D eigenvalue weighted by Gasteiger charge is -2.46. The fourth-order valence-electron chi connectivity index (χ4n) is 2.58. The van der Waals surface area contributed by atoms with Crippen LogP contribution in [0.15, 0.2) is 30.3 Å². The lowest BCUT2D eigenvalue weighted by molar-refractivity contribution is -0.137. The molecule has 1 fully saturated rings. The Hall–Kier alpha value is -1.55. The SMILES string of the molecule is CC1(C)CN(c2ccccc2)C(CCC(=O)O)CN1. The van der Waals surface area contributed by atoms with Crippen molar-refractivity contribution in [2.24, 2.45) is 0 Å². The predicted molar refractivity (Wildman–Crippen MR) is 76.5 cm³/mol. The summed E-state index contributed by atoms with van der Waals surface area (Å²) in [6, 6.07) is 10.5. The molecule has 4 nitrogen and oxygen atoms in total. The lowest BCUT2D eigenvalue weighted by Crippen LogP contribution is -2.61. The summed E-state index contributed by atoms with van der Waals surface area (Å²) in [5.41, 5.74) is 1.22. The molecule has 4 heteroatoms. The molecular weight excluding hydrogens is 240 g/mol. The third-order valence-electron chi connectivity index (χ3n) is 3.60. The van der Waals surface area contributed by atoms with Gasteiger partial charge >= 0.3 is 5.97 Å². The second-order valence-electron chi connectivity index (χ2n) is 5.81. The lowest BCUT2D eigenvalue weighted by atomic mass is 9.96. The van der Waals surface area contributed by atoms with Crippen molar-refractivity contribution in [1.29, 1.82) is 0 Å². The van der Waals surface area contributed by atoms with Gasteiger partial charge in [-0.1, -0.05) is 18.2 Å².